The van der Waals surface area contributed by atoms with Gasteiger partial charge in [0.2, 0.25) is 0 Å². The summed E-state index contributed by atoms with van der Waals surface area (Å²) in [4.78, 5) is 31.1. The Hall–Kier alpha value is -5.72. The number of ether oxygens (including phenoxy) is 4. The number of alkyl halides is 3. The van der Waals surface area contributed by atoms with E-state index in [2.05, 4.69) is 18.9 Å². The average Bonchev–Trinajstić information content (AvgIpc) is 3.14. The number of carbonyl (C=O) groups excluding carboxylic acids is 2. The van der Waals surface area contributed by atoms with Crippen LogP contribution in [0.4, 0.5) is 13.2 Å². The van der Waals surface area contributed by atoms with Gasteiger partial charge in [0.1, 0.15) is 35.8 Å². The molecule has 0 saturated carbocycles. The average molecular weight is 761 g/mol. The Morgan fingerprint density at radius 1 is 0.755 bits per heavy atom. The van der Waals surface area contributed by atoms with E-state index < -0.39 is 40.4 Å². The minimum absolute atomic E-state index is 0. The summed E-state index contributed by atoms with van der Waals surface area (Å²) >= 11 is 0. The van der Waals surface area contributed by atoms with Crippen molar-refractivity contribution in [1.29, 1.82) is 0 Å². The Morgan fingerprint density at radius 2 is 1.23 bits per heavy atom. The van der Waals surface area contributed by atoms with Gasteiger partial charge in [-0.05, 0) is 71.2 Å². The highest BCUT2D eigenvalue weighted by atomic mass is 32.2. The smallest absolute Gasteiger partial charge is 0.488 e. The largest absolute Gasteiger partial charge is 0.534 e. The molecular formula is C35H36BF3N2O11S. The Labute approximate surface area is 304 Å². The fourth-order valence-electron chi connectivity index (χ4n) is 4.55. The number of hydrogen-bond acceptors (Lipinski definition) is 13. The molecule has 2 aromatic carbocycles. The van der Waals surface area contributed by atoms with Gasteiger partial charge in [0.15, 0.2) is 5.76 Å². The molecule has 0 spiro atoms. The molecule has 0 atom stereocenters. The van der Waals surface area contributed by atoms with Crippen molar-refractivity contribution in [1.82, 2.24) is 9.97 Å². The summed E-state index contributed by atoms with van der Waals surface area (Å²) in [6.07, 6.45) is 9.53. The fraction of sp³-hybridized carbons (Fsp3) is 0.200. The predicted molar refractivity (Wildman–Crippen MR) is 189 cm³/mol. The lowest BCUT2D eigenvalue weighted by Crippen LogP contribution is -2.29. The number of pyridine rings is 2. The van der Waals surface area contributed by atoms with Crippen molar-refractivity contribution in [3.8, 4) is 11.5 Å². The van der Waals surface area contributed by atoms with Crippen molar-refractivity contribution < 1.29 is 64.4 Å². The van der Waals surface area contributed by atoms with E-state index in [4.69, 9.17) is 24.3 Å². The molecule has 4 heterocycles. The zero-order valence-corrected chi connectivity index (χ0v) is 27.6. The van der Waals surface area contributed by atoms with Crippen LogP contribution in [0.3, 0.4) is 0 Å². The molecule has 2 aromatic heterocycles. The molecule has 0 radical (unpaired) electrons. The van der Waals surface area contributed by atoms with Gasteiger partial charge in [-0.15, -0.1) is 0 Å². The number of esters is 2. The van der Waals surface area contributed by atoms with Crippen molar-refractivity contribution in [3.05, 3.63) is 125 Å². The first-order valence-corrected chi connectivity index (χ1v) is 16.0. The maximum atomic E-state index is 12.4. The van der Waals surface area contributed by atoms with Crippen LogP contribution >= 0.6 is 0 Å². The predicted octanol–water partition coefficient (Wildman–Crippen LogP) is 4.80. The van der Waals surface area contributed by atoms with E-state index in [1.54, 1.807) is 30.6 Å². The summed E-state index contributed by atoms with van der Waals surface area (Å²) in [5.41, 5.74) is -1.82. The lowest BCUT2D eigenvalue weighted by Gasteiger charge is -2.20. The van der Waals surface area contributed by atoms with E-state index in [-0.39, 0.29) is 38.3 Å². The molecule has 2 N–H and O–H groups in total. The quantitative estimate of drug-likeness (QED) is 0.119. The van der Waals surface area contributed by atoms with Gasteiger partial charge in [0.25, 0.3) is 0 Å². The zero-order valence-electron chi connectivity index (χ0n) is 26.7. The molecule has 6 rings (SSSR count). The van der Waals surface area contributed by atoms with Gasteiger partial charge in [-0.1, -0.05) is 33.1 Å². The summed E-state index contributed by atoms with van der Waals surface area (Å²) in [6.45, 7) is 0.169. The lowest BCUT2D eigenvalue weighted by atomic mass is 9.81. The number of benzene rings is 2. The number of halogens is 3. The number of fused-ring (bicyclic) bond motifs is 2. The van der Waals surface area contributed by atoms with Crippen LogP contribution in [-0.2, 0) is 23.8 Å². The molecule has 282 valence electrons. The van der Waals surface area contributed by atoms with Gasteiger partial charge in [-0.3, -0.25) is 9.97 Å². The second-order valence-corrected chi connectivity index (χ2v) is 11.6. The Kier molecular flexibility index (Phi) is 15.8. The van der Waals surface area contributed by atoms with Crippen molar-refractivity contribution in [2.45, 2.75) is 20.4 Å². The lowest BCUT2D eigenvalue weighted by molar-refractivity contribution is -0.0510. The second-order valence-electron chi connectivity index (χ2n) is 10.0. The van der Waals surface area contributed by atoms with Crippen LogP contribution in [-0.4, -0.2) is 80.4 Å². The molecule has 2 aliphatic rings. The van der Waals surface area contributed by atoms with Crippen LogP contribution in [0.1, 0.15) is 52.3 Å². The van der Waals surface area contributed by atoms with Crippen LogP contribution in [0.2, 0.25) is 0 Å². The molecule has 4 aromatic rings. The van der Waals surface area contributed by atoms with E-state index in [1.807, 2.05) is 30.3 Å². The summed E-state index contributed by atoms with van der Waals surface area (Å²) in [6, 6.07) is 16.4. The number of rotatable bonds is 6. The summed E-state index contributed by atoms with van der Waals surface area (Å²) in [5, 5.41) is 17.1. The summed E-state index contributed by atoms with van der Waals surface area (Å²) < 4.78 is 83.5. The van der Waals surface area contributed by atoms with Crippen molar-refractivity contribution in [2.24, 2.45) is 0 Å². The molecule has 0 amide bonds. The van der Waals surface area contributed by atoms with E-state index >= 15 is 0 Å². The molecule has 0 fully saturated rings. The number of para-hydroxylation sites is 2. The van der Waals surface area contributed by atoms with Crippen LogP contribution in [0.15, 0.2) is 97.6 Å². The van der Waals surface area contributed by atoms with Crippen molar-refractivity contribution in [3.63, 3.8) is 0 Å². The number of nitrogens with zero attached hydrogens (tertiary/aromatic N) is 2. The highest BCUT2D eigenvalue weighted by Crippen LogP contribution is 2.38. The fourth-order valence-corrected chi connectivity index (χ4v) is 5.03. The van der Waals surface area contributed by atoms with Crippen molar-refractivity contribution in [2.75, 3.05) is 27.4 Å². The summed E-state index contributed by atoms with van der Waals surface area (Å²) in [5.74, 6) is -1.27. The normalized spacial score (nSPS) is 12.4. The third kappa shape index (κ3) is 10.7. The molecular weight excluding hydrogens is 724 g/mol. The Balaban J connectivity index is 0.000000290. The van der Waals surface area contributed by atoms with Crippen LogP contribution in [0, 0.1) is 0 Å². The first-order chi connectivity index (χ1) is 24.3. The second kappa shape index (κ2) is 19.2. The number of carbonyl (C=O) groups is 2. The van der Waals surface area contributed by atoms with E-state index in [0.717, 1.165) is 29.9 Å². The van der Waals surface area contributed by atoms with Gasteiger partial charge in [-0.25, -0.2) is 9.59 Å². The third-order valence-electron chi connectivity index (χ3n) is 6.89. The maximum absolute atomic E-state index is 12.4. The molecule has 53 heavy (non-hydrogen) atoms. The SMILES string of the molecule is C.C.COC(=O)c1cccc2c1OCC=C2OS(=O)(=O)C(F)(F)F.COC(=O)c1cccc2c1OCC=C2c1ccncc1.OB(O)c1ccncc1. The van der Waals surface area contributed by atoms with Gasteiger partial charge in [-0.2, -0.15) is 21.6 Å². The first-order valence-electron chi connectivity index (χ1n) is 14.6. The molecule has 0 saturated heterocycles. The zero-order chi connectivity index (χ0) is 37.2. The number of aromatic nitrogens is 2. The molecule has 13 nitrogen and oxygen atoms in total. The van der Waals surface area contributed by atoms with Crippen LogP contribution < -0.4 is 14.9 Å². The maximum Gasteiger partial charge on any atom is 0.534 e. The standard InChI is InChI=1S/C16H13NO3.C12H9F3O6S.C5H6BNO2.2CH4/c1-19-16(18)14-4-2-3-13-12(7-10-20-15(13)14)11-5-8-17-9-6-11;1-19-11(16)8-4-2-3-7-9(5-6-20-10(7)8)21-22(17,18)12(13,14)15;8-6(9)5-1-3-7-4-2-5;;/h2-9H,10H2,1H3;2-5H,6H2,1H3;1-4,8-9H;2*1H4. The summed E-state index contributed by atoms with van der Waals surface area (Å²) in [7, 11) is -4.72. The Morgan fingerprint density at radius 3 is 1.70 bits per heavy atom. The van der Waals surface area contributed by atoms with Gasteiger partial charge in [0.05, 0.1) is 19.8 Å². The number of hydrogen-bond donors (Lipinski definition) is 2. The highest BCUT2D eigenvalue weighted by molar-refractivity contribution is 7.87. The van der Waals surface area contributed by atoms with Crippen LogP contribution in [0.25, 0.3) is 11.3 Å². The molecule has 0 unspecified atom stereocenters. The van der Waals surface area contributed by atoms with Gasteiger partial charge >= 0.3 is 34.7 Å². The van der Waals surface area contributed by atoms with Crippen LogP contribution in [0.5, 0.6) is 11.5 Å². The highest BCUT2D eigenvalue weighted by Gasteiger charge is 2.49. The number of methoxy groups -OCH3 is 2. The first kappa shape index (κ1) is 43.4. The van der Waals surface area contributed by atoms with Crippen molar-refractivity contribution >= 4 is 46.0 Å². The molecule has 18 heteroatoms. The minimum atomic E-state index is -5.82. The molecule has 0 aliphatic carbocycles. The molecule has 2 aliphatic heterocycles. The van der Waals surface area contributed by atoms with E-state index in [0.29, 0.717) is 23.4 Å². The van der Waals surface area contributed by atoms with E-state index in [1.165, 1.54) is 37.7 Å². The third-order valence-corrected chi connectivity index (χ3v) is 7.85. The van der Waals surface area contributed by atoms with Gasteiger partial charge in [0, 0.05) is 30.4 Å². The Bertz CT molecular complexity index is 2030. The van der Waals surface area contributed by atoms with E-state index in [9.17, 15) is 31.2 Å². The minimum Gasteiger partial charge on any atom is -0.488 e. The monoisotopic (exact) mass is 760 g/mol. The topological polar surface area (TPSA) is 181 Å². The molecule has 0 bridgehead atoms. The van der Waals surface area contributed by atoms with Gasteiger partial charge < -0.3 is 33.2 Å².